The van der Waals surface area contributed by atoms with Crippen LogP contribution in [0.15, 0.2) is 42.0 Å². The summed E-state index contributed by atoms with van der Waals surface area (Å²) in [6, 6.07) is 8.74. The Bertz CT molecular complexity index is 393. The third kappa shape index (κ3) is 3.69. The van der Waals surface area contributed by atoms with Crippen molar-refractivity contribution >= 4 is 12.3 Å². The standard InChI is InChI=1S/C13H14O3/c1-10(9-14)8-11(2)16-13(15)12-6-4-3-5-7-12/h3-9,11H,1-2H3/b10-8+. The highest BCUT2D eigenvalue weighted by molar-refractivity contribution is 5.89. The van der Waals surface area contributed by atoms with E-state index >= 15 is 0 Å². The van der Waals surface area contributed by atoms with Crippen LogP contribution in [0.3, 0.4) is 0 Å². The van der Waals surface area contributed by atoms with E-state index in [4.69, 9.17) is 4.74 Å². The second kappa shape index (κ2) is 5.85. The first-order valence-corrected chi connectivity index (χ1v) is 5.03. The maximum Gasteiger partial charge on any atom is 0.338 e. The van der Waals surface area contributed by atoms with Crippen LogP contribution in [0.2, 0.25) is 0 Å². The predicted molar refractivity (Wildman–Crippen MR) is 61.1 cm³/mol. The molecule has 0 spiro atoms. The van der Waals surface area contributed by atoms with E-state index in [1.165, 1.54) is 0 Å². The molecule has 0 saturated carbocycles. The summed E-state index contributed by atoms with van der Waals surface area (Å²) in [6.45, 7) is 3.38. The molecule has 0 amide bonds. The van der Waals surface area contributed by atoms with Gasteiger partial charge in [-0.1, -0.05) is 18.2 Å². The highest BCUT2D eigenvalue weighted by Crippen LogP contribution is 2.05. The summed E-state index contributed by atoms with van der Waals surface area (Å²) in [5, 5.41) is 0. The minimum absolute atomic E-state index is 0.386. The number of rotatable bonds is 4. The molecule has 1 aromatic rings. The van der Waals surface area contributed by atoms with Gasteiger partial charge in [0.1, 0.15) is 12.4 Å². The van der Waals surface area contributed by atoms with Gasteiger partial charge in [0.05, 0.1) is 5.56 Å². The van der Waals surface area contributed by atoms with E-state index in [0.29, 0.717) is 11.1 Å². The molecular weight excluding hydrogens is 204 g/mol. The highest BCUT2D eigenvalue weighted by Gasteiger charge is 2.09. The molecule has 16 heavy (non-hydrogen) atoms. The molecule has 0 aliphatic heterocycles. The van der Waals surface area contributed by atoms with Crippen LogP contribution < -0.4 is 0 Å². The summed E-state index contributed by atoms with van der Waals surface area (Å²) in [7, 11) is 0. The molecule has 1 aromatic carbocycles. The van der Waals surface area contributed by atoms with Crippen LogP contribution in [-0.2, 0) is 9.53 Å². The van der Waals surface area contributed by atoms with Crippen LogP contribution in [0, 0.1) is 0 Å². The molecule has 0 saturated heterocycles. The first-order chi connectivity index (χ1) is 7.63. The smallest absolute Gasteiger partial charge is 0.338 e. The zero-order valence-electron chi connectivity index (χ0n) is 9.34. The number of hydrogen-bond acceptors (Lipinski definition) is 3. The molecule has 3 heteroatoms. The van der Waals surface area contributed by atoms with Gasteiger partial charge >= 0.3 is 5.97 Å². The van der Waals surface area contributed by atoms with Crippen molar-refractivity contribution in [1.82, 2.24) is 0 Å². The Labute approximate surface area is 94.7 Å². The van der Waals surface area contributed by atoms with Gasteiger partial charge in [0, 0.05) is 0 Å². The van der Waals surface area contributed by atoms with Crippen molar-refractivity contribution in [3.05, 3.63) is 47.5 Å². The van der Waals surface area contributed by atoms with Gasteiger partial charge in [-0.3, -0.25) is 4.79 Å². The van der Waals surface area contributed by atoms with Gasteiger partial charge in [-0.25, -0.2) is 4.79 Å². The minimum atomic E-state index is -0.405. The molecular formula is C13H14O3. The summed E-state index contributed by atoms with van der Waals surface area (Å²) in [5.41, 5.74) is 1.06. The molecule has 1 atom stereocenters. The molecule has 84 valence electrons. The summed E-state index contributed by atoms with van der Waals surface area (Å²) >= 11 is 0. The fraction of sp³-hybridized carbons (Fsp3) is 0.231. The average Bonchev–Trinajstić information content (AvgIpc) is 2.29. The zero-order valence-corrected chi connectivity index (χ0v) is 9.34. The molecule has 3 nitrogen and oxygen atoms in total. The maximum atomic E-state index is 11.6. The van der Waals surface area contributed by atoms with Gasteiger partial charge in [-0.05, 0) is 37.6 Å². The van der Waals surface area contributed by atoms with Crippen LogP contribution in [0.1, 0.15) is 24.2 Å². The predicted octanol–water partition coefficient (Wildman–Crippen LogP) is 2.38. The van der Waals surface area contributed by atoms with E-state index in [0.717, 1.165) is 6.29 Å². The number of allylic oxidation sites excluding steroid dienone is 1. The minimum Gasteiger partial charge on any atom is -0.455 e. The quantitative estimate of drug-likeness (QED) is 0.442. The van der Waals surface area contributed by atoms with Crippen molar-refractivity contribution in [2.24, 2.45) is 0 Å². The summed E-state index contributed by atoms with van der Waals surface area (Å²) < 4.78 is 5.13. The molecule has 0 radical (unpaired) electrons. The van der Waals surface area contributed by atoms with E-state index in [2.05, 4.69) is 0 Å². The molecule has 1 unspecified atom stereocenters. The SMILES string of the molecule is C/C(C=O)=C\C(C)OC(=O)c1ccccc1. The Kier molecular flexibility index (Phi) is 4.45. The fourth-order valence-corrected chi connectivity index (χ4v) is 1.25. The number of carbonyl (C=O) groups excluding carboxylic acids is 2. The monoisotopic (exact) mass is 218 g/mol. The van der Waals surface area contributed by atoms with Gasteiger partial charge in [0.25, 0.3) is 0 Å². The molecule has 1 rings (SSSR count). The third-order valence-electron chi connectivity index (χ3n) is 1.99. The van der Waals surface area contributed by atoms with E-state index in [1.807, 2.05) is 6.07 Å². The Morgan fingerprint density at radius 3 is 2.50 bits per heavy atom. The van der Waals surface area contributed by atoms with E-state index in [9.17, 15) is 9.59 Å². The van der Waals surface area contributed by atoms with Gasteiger partial charge in [-0.15, -0.1) is 0 Å². The maximum absolute atomic E-state index is 11.6. The molecule has 0 aliphatic carbocycles. The number of esters is 1. The van der Waals surface area contributed by atoms with Crippen LogP contribution in [0.25, 0.3) is 0 Å². The second-order valence-electron chi connectivity index (χ2n) is 3.50. The van der Waals surface area contributed by atoms with Gasteiger partial charge in [0.15, 0.2) is 0 Å². The number of carbonyl (C=O) groups is 2. The van der Waals surface area contributed by atoms with Crippen LogP contribution in [0.5, 0.6) is 0 Å². The summed E-state index contributed by atoms with van der Waals surface area (Å²) in [5.74, 6) is -0.386. The lowest BCUT2D eigenvalue weighted by Crippen LogP contribution is -2.13. The number of hydrogen-bond donors (Lipinski definition) is 0. The molecule has 0 aromatic heterocycles. The van der Waals surface area contributed by atoms with Crippen LogP contribution >= 0.6 is 0 Å². The van der Waals surface area contributed by atoms with Crippen molar-refractivity contribution in [2.45, 2.75) is 20.0 Å². The van der Waals surface area contributed by atoms with Crippen LogP contribution in [0.4, 0.5) is 0 Å². The van der Waals surface area contributed by atoms with Crippen molar-refractivity contribution in [2.75, 3.05) is 0 Å². The highest BCUT2D eigenvalue weighted by atomic mass is 16.5. The number of aldehydes is 1. The van der Waals surface area contributed by atoms with Gasteiger partial charge in [-0.2, -0.15) is 0 Å². The van der Waals surface area contributed by atoms with Crippen LogP contribution in [-0.4, -0.2) is 18.4 Å². The molecule has 0 bridgehead atoms. The Morgan fingerprint density at radius 1 is 1.31 bits per heavy atom. The van der Waals surface area contributed by atoms with E-state index < -0.39 is 6.10 Å². The lowest BCUT2D eigenvalue weighted by atomic mass is 10.2. The van der Waals surface area contributed by atoms with Crippen molar-refractivity contribution in [1.29, 1.82) is 0 Å². The molecule has 0 heterocycles. The largest absolute Gasteiger partial charge is 0.455 e. The molecule has 0 aliphatic rings. The first kappa shape index (κ1) is 12.2. The third-order valence-corrected chi connectivity index (χ3v) is 1.99. The lowest BCUT2D eigenvalue weighted by Gasteiger charge is -2.09. The van der Waals surface area contributed by atoms with Crippen molar-refractivity contribution < 1.29 is 14.3 Å². The topological polar surface area (TPSA) is 43.4 Å². The van der Waals surface area contributed by atoms with E-state index in [-0.39, 0.29) is 5.97 Å². The van der Waals surface area contributed by atoms with Gasteiger partial charge in [0.2, 0.25) is 0 Å². The van der Waals surface area contributed by atoms with Gasteiger partial charge < -0.3 is 4.74 Å². The molecule has 0 fully saturated rings. The second-order valence-corrected chi connectivity index (χ2v) is 3.50. The number of benzene rings is 1. The Balaban J connectivity index is 2.62. The summed E-state index contributed by atoms with van der Waals surface area (Å²) in [4.78, 5) is 22.0. The van der Waals surface area contributed by atoms with E-state index in [1.54, 1.807) is 44.2 Å². The fourth-order valence-electron chi connectivity index (χ4n) is 1.25. The Hall–Kier alpha value is -1.90. The normalized spacial score (nSPS) is 13.0. The average molecular weight is 218 g/mol. The lowest BCUT2D eigenvalue weighted by molar-refractivity contribution is -0.104. The zero-order chi connectivity index (χ0) is 12.0. The first-order valence-electron chi connectivity index (χ1n) is 5.03. The van der Waals surface area contributed by atoms with Crippen molar-refractivity contribution in [3.63, 3.8) is 0 Å². The number of ether oxygens (including phenoxy) is 1. The Morgan fingerprint density at radius 2 is 1.94 bits per heavy atom. The molecule has 0 N–H and O–H groups in total. The van der Waals surface area contributed by atoms with Crippen molar-refractivity contribution in [3.8, 4) is 0 Å². The summed E-state index contributed by atoms with van der Waals surface area (Å²) in [6.07, 6.45) is 1.93.